The number of ether oxygens (including phenoxy) is 2. The van der Waals surface area contributed by atoms with Crippen molar-refractivity contribution < 1.29 is 19.1 Å². The highest BCUT2D eigenvalue weighted by molar-refractivity contribution is 5.96. The molecule has 0 saturated carbocycles. The molecule has 108 valence electrons. The highest BCUT2D eigenvalue weighted by Crippen LogP contribution is 2.22. The van der Waals surface area contributed by atoms with Gasteiger partial charge in [-0.15, -0.1) is 0 Å². The zero-order chi connectivity index (χ0) is 15.1. The van der Waals surface area contributed by atoms with Gasteiger partial charge in [-0.05, 0) is 24.3 Å². The van der Waals surface area contributed by atoms with E-state index in [4.69, 9.17) is 9.47 Å². The van der Waals surface area contributed by atoms with Crippen molar-refractivity contribution in [3.05, 3.63) is 54.4 Å². The second-order valence-electron chi connectivity index (χ2n) is 4.06. The van der Waals surface area contributed by atoms with Crippen LogP contribution in [0.5, 0.6) is 5.75 Å². The quantitative estimate of drug-likeness (QED) is 0.849. The Balaban J connectivity index is 1.89. The summed E-state index contributed by atoms with van der Waals surface area (Å²) in [6.07, 6.45) is 2.96. The summed E-state index contributed by atoms with van der Waals surface area (Å²) in [5.74, 6) is -0.485. The van der Waals surface area contributed by atoms with E-state index in [0.717, 1.165) is 0 Å². The lowest BCUT2D eigenvalue weighted by atomic mass is 10.3. The van der Waals surface area contributed by atoms with Crippen molar-refractivity contribution in [1.29, 1.82) is 0 Å². The number of anilines is 1. The van der Waals surface area contributed by atoms with E-state index in [9.17, 15) is 9.59 Å². The standard InChI is InChI=1S/C15H14N2O4/c1-20-13-5-3-2-4-12(13)17-14(18)10-21-15(19)11-6-8-16-9-7-11/h2-9H,10H2,1H3,(H,17,18). The minimum absolute atomic E-state index is 0.343. The van der Waals surface area contributed by atoms with Crippen molar-refractivity contribution in [3.8, 4) is 5.75 Å². The molecule has 1 aromatic heterocycles. The number of nitrogens with one attached hydrogen (secondary N) is 1. The van der Waals surface area contributed by atoms with Gasteiger partial charge in [-0.25, -0.2) is 4.79 Å². The van der Waals surface area contributed by atoms with Crippen molar-refractivity contribution in [1.82, 2.24) is 4.98 Å². The molecule has 0 atom stereocenters. The van der Waals surface area contributed by atoms with Crippen molar-refractivity contribution in [2.45, 2.75) is 0 Å². The SMILES string of the molecule is COc1ccccc1NC(=O)COC(=O)c1ccncc1. The number of carbonyl (C=O) groups excluding carboxylic acids is 2. The maximum absolute atomic E-state index is 11.8. The van der Waals surface area contributed by atoms with E-state index < -0.39 is 11.9 Å². The van der Waals surface area contributed by atoms with Crippen molar-refractivity contribution >= 4 is 17.6 Å². The summed E-state index contributed by atoms with van der Waals surface area (Å²) >= 11 is 0. The highest BCUT2D eigenvalue weighted by Gasteiger charge is 2.11. The van der Waals surface area contributed by atoms with Crippen LogP contribution >= 0.6 is 0 Å². The van der Waals surface area contributed by atoms with Crippen molar-refractivity contribution in [3.63, 3.8) is 0 Å². The third-order valence-electron chi connectivity index (χ3n) is 2.63. The van der Waals surface area contributed by atoms with Gasteiger partial charge in [0.15, 0.2) is 6.61 Å². The van der Waals surface area contributed by atoms with Crippen molar-refractivity contribution in [2.24, 2.45) is 0 Å². The van der Waals surface area contributed by atoms with Gasteiger partial charge in [0.2, 0.25) is 0 Å². The van der Waals surface area contributed by atoms with Gasteiger partial charge in [0, 0.05) is 12.4 Å². The Hall–Kier alpha value is -2.89. The Labute approximate surface area is 121 Å². The molecule has 0 aliphatic carbocycles. The molecule has 0 bridgehead atoms. The number of amides is 1. The van der Waals surface area contributed by atoms with Crippen LogP contribution in [-0.4, -0.2) is 30.6 Å². The fourth-order valence-corrected chi connectivity index (χ4v) is 1.64. The molecule has 6 heteroatoms. The number of benzene rings is 1. The number of aromatic nitrogens is 1. The van der Waals surface area contributed by atoms with Crippen LogP contribution in [0, 0.1) is 0 Å². The molecule has 6 nitrogen and oxygen atoms in total. The summed E-state index contributed by atoms with van der Waals surface area (Å²) in [5.41, 5.74) is 0.861. The average molecular weight is 286 g/mol. The molecule has 1 N–H and O–H groups in total. The largest absolute Gasteiger partial charge is 0.495 e. The Morgan fingerprint density at radius 3 is 2.57 bits per heavy atom. The summed E-state index contributed by atoms with van der Waals surface area (Å²) in [5, 5.41) is 2.61. The molecule has 0 saturated heterocycles. The topological polar surface area (TPSA) is 77.5 Å². The third-order valence-corrected chi connectivity index (χ3v) is 2.63. The maximum atomic E-state index is 11.8. The molecule has 1 heterocycles. The second-order valence-corrected chi connectivity index (χ2v) is 4.06. The number of esters is 1. The zero-order valence-electron chi connectivity index (χ0n) is 11.4. The van der Waals surface area contributed by atoms with E-state index in [0.29, 0.717) is 17.0 Å². The zero-order valence-corrected chi connectivity index (χ0v) is 11.4. The second kappa shape index (κ2) is 7.04. The number of pyridine rings is 1. The predicted octanol–water partition coefficient (Wildman–Crippen LogP) is 1.89. The predicted molar refractivity (Wildman–Crippen MR) is 76.1 cm³/mol. The summed E-state index contributed by atoms with van der Waals surface area (Å²) < 4.78 is 10.0. The normalized spacial score (nSPS) is 9.76. The summed E-state index contributed by atoms with van der Waals surface area (Å²) in [7, 11) is 1.51. The Bertz CT molecular complexity index is 629. The minimum atomic E-state index is -0.576. The monoisotopic (exact) mass is 286 g/mol. The lowest BCUT2D eigenvalue weighted by Gasteiger charge is -2.10. The van der Waals surface area contributed by atoms with Gasteiger partial charge in [0.25, 0.3) is 5.91 Å². The van der Waals surface area contributed by atoms with Crippen LogP contribution < -0.4 is 10.1 Å². The van der Waals surface area contributed by atoms with Crippen LogP contribution in [0.15, 0.2) is 48.8 Å². The molecule has 0 radical (unpaired) electrons. The molecule has 0 spiro atoms. The molecule has 0 aliphatic rings. The number of para-hydroxylation sites is 2. The van der Waals surface area contributed by atoms with Gasteiger partial charge in [-0.1, -0.05) is 12.1 Å². The number of nitrogens with zero attached hydrogens (tertiary/aromatic N) is 1. The first kappa shape index (κ1) is 14.5. The number of rotatable bonds is 5. The molecule has 0 aliphatic heterocycles. The Morgan fingerprint density at radius 1 is 1.14 bits per heavy atom. The highest BCUT2D eigenvalue weighted by atomic mass is 16.5. The summed E-state index contributed by atoms with van der Waals surface area (Å²) in [6, 6.07) is 10.0. The van der Waals surface area contributed by atoms with Gasteiger partial charge < -0.3 is 14.8 Å². The fourth-order valence-electron chi connectivity index (χ4n) is 1.64. The van der Waals surface area contributed by atoms with E-state index in [1.807, 2.05) is 0 Å². The molecule has 21 heavy (non-hydrogen) atoms. The van der Waals surface area contributed by atoms with Gasteiger partial charge in [-0.3, -0.25) is 9.78 Å². The molecule has 2 aromatic rings. The van der Waals surface area contributed by atoms with E-state index in [1.165, 1.54) is 31.6 Å². The Kier molecular flexibility index (Phi) is 4.87. The maximum Gasteiger partial charge on any atom is 0.338 e. The molecule has 1 amide bonds. The Morgan fingerprint density at radius 2 is 1.86 bits per heavy atom. The van der Waals surface area contributed by atoms with E-state index in [2.05, 4.69) is 10.3 Å². The first-order valence-corrected chi connectivity index (χ1v) is 6.20. The van der Waals surface area contributed by atoms with Gasteiger partial charge in [0.05, 0.1) is 18.4 Å². The van der Waals surface area contributed by atoms with Gasteiger partial charge in [-0.2, -0.15) is 0 Å². The van der Waals surface area contributed by atoms with Crippen LogP contribution in [0.2, 0.25) is 0 Å². The number of methoxy groups -OCH3 is 1. The van der Waals surface area contributed by atoms with Crippen molar-refractivity contribution in [2.75, 3.05) is 19.0 Å². The fraction of sp³-hybridized carbons (Fsp3) is 0.133. The van der Waals surface area contributed by atoms with Gasteiger partial charge >= 0.3 is 5.97 Å². The third kappa shape index (κ3) is 4.04. The molecule has 0 fully saturated rings. The van der Waals surface area contributed by atoms with Crippen LogP contribution in [0.4, 0.5) is 5.69 Å². The van der Waals surface area contributed by atoms with E-state index in [1.54, 1.807) is 24.3 Å². The van der Waals surface area contributed by atoms with Crippen LogP contribution in [0.3, 0.4) is 0 Å². The molecular weight excluding hydrogens is 272 g/mol. The lowest BCUT2D eigenvalue weighted by molar-refractivity contribution is -0.119. The lowest BCUT2D eigenvalue weighted by Crippen LogP contribution is -2.21. The number of hydrogen-bond acceptors (Lipinski definition) is 5. The number of hydrogen-bond donors (Lipinski definition) is 1. The van der Waals surface area contributed by atoms with Crippen LogP contribution in [-0.2, 0) is 9.53 Å². The van der Waals surface area contributed by atoms with Gasteiger partial charge in [0.1, 0.15) is 5.75 Å². The van der Waals surface area contributed by atoms with Crippen LogP contribution in [0.1, 0.15) is 10.4 Å². The van der Waals surface area contributed by atoms with E-state index in [-0.39, 0.29) is 6.61 Å². The first-order chi connectivity index (χ1) is 10.2. The van der Waals surface area contributed by atoms with E-state index >= 15 is 0 Å². The minimum Gasteiger partial charge on any atom is -0.495 e. The summed E-state index contributed by atoms with van der Waals surface area (Å²) in [6.45, 7) is -0.376. The molecular formula is C15H14N2O4. The first-order valence-electron chi connectivity index (χ1n) is 6.20. The summed E-state index contributed by atoms with van der Waals surface area (Å²) in [4.78, 5) is 27.2. The smallest absolute Gasteiger partial charge is 0.338 e. The van der Waals surface area contributed by atoms with Crippen LogP contribution in [0.25, 0.3) is 0 Å². The molecule has 1 aromatic carbocycles. The molecule has 2 rings (SSSR count). The number of carbonyl (C=O) groups is 2. The molecule has 0 unspecified atom stereocenters. The average Bonchev–Trinajstić information content (AvgIpc) is 2.54.